The summed E-state index contributed by atoms with van der Waals surface area (Å²) in [5, 5.41) is 4.88. The van der Waals surface area contributed by atoms with Gasteiger partial charge in [0.15, 0.2) is 12.4 Å². The summed E-state index contributed by atoms with van der Waals surface area (Å²) in [5.74, 6) is 1.36. The number of piperazine rings is 1. The van der Waals surface area contributed by atoms with Crippen LogP contribution < -0.4 is 9.47 Å². The van der Waals surface area contributed by atoms with Gasteiger partial charge in [-0.15, -0.1) is 0 Å². The van der Waals surface area contributed by atoms with E-state index in [0.29, 0.717) is 29.6 Å². The molecule has 1 aliphatic heterocycles. The summed E-state index contributed by atoms with van der Waals surface area (Å²) in [4.78, 5) is 17.1. The molecule has 1 saturated heterocycles. The minimum absolute atomic E-state index is 0.0635. The fourth-order valence-electron chi connectivity index (χ4n) is 3.58. The van der Waals surface area contributed by atoms with Crippen LogP contribution in [-0.4, -0.2) is 58.8 Å². The molecule has 3 aromatic rings. The molecule has 0 saturated carbocycles. The highest BCUT2D eigenvalue weighted by Gasteiger charge is 2.23. The van der Waals surface area contributed by atoms with Crippen molar-refractivity contribution in [3.05, 3.63) is 75.5 Å². The number of amides is 1. The molecule has 0 N–H and O–H groups in total. The van der Waals surface area contributed by atoms with E-state index in [1.807, 2.05) is 29.2 Å². The van der Waals surface area contributed by atoms with E-state index in [4.69, 9.17) is 21.1 Å². The lowest BCUT2D eigenvalue weighted by atomic mass is 10.2. The van der Waals surface area contributed by atoms with Crippen molar-refractivity contribution >= 4 is 33.4 Å². The second kappa shape index (κ2) is 10.4. The van der Waals surface area contributed by atoms with Crippen LogP contribution in [0.5, 0.6) is 11.5 Å². The van der Waals surface area contributed by atoms with Gasteiger partial charge in [0.05, 0.1) is 12.1 Å². The molecule has 0 aliphatic carbocycles. The second-order valence-electron chi connectivity index (χ2n) is 7.51. The summed E-state index contributed by atoms with van der Waals surface area (Å²) in [5.41, 5.74) is 1.62. The Kier molecular flexibility index (Phi) is 7.34. The smallest absolute Gasteiger partial charge is 0.274 e. The molecule has 4 rings (SSSR count). The van der Waals surface area contributed by atoms with Crippen molar-refractivity contribution in [1.29, 1.82) is 0 Å². The predicted molar refractivity (Wildman–Crippen MR) is 126 cm³/mol. The maximum absolute atomic E-state index is 12.9. The molecule has 0 bridgehead atoms. The molecule has 2 heterocycles. The minimum Gasteiger partial charge on any atom is -0.497 e. The van der Waals surface area contributed by atoms with Gasteiger partial charge < -0.3 is 14.4 Å². The lowest BCUT2D eigenvalue weighted by molar-refractivity contribution is 0.0621. The number of nitrogens with zero attached hydrogens (tertiary/aromatic N) is 4. The van der Waals surface area contributed by atoms with Crippen LogP contribution in [0.25, 0.3) is 0 Å². The number of carbonyl (C=O) groups is 1. The highest BCUT2D eigenvalue weighted by molar-refractivity contribution is 9.10. The molecular weight excluding hydrogens is 496 g/mol. The Hall–Kier alpha value is -2.55. The molecular formula is C23H24BrClN4O3. The maximum atomic E-state index is 12.9. The zero-order valence-corrected chi connectivity index (χ0v) is 20.1. The van der Waals surface area contributed by atoms with Crippen LogP contribution >= 0.6 is 27.5 Å². The van der Waals surface area contributed by atoms with Crippen molar-refractivity contribution < 1.29 is 14.3 Å². The zero-order valence-electron chi connectivity index (χ0n) is 17.7. The van der Waals surface area contributed by atoms with Gasteiger partial charge >= 0.3 is 0 Å². The SMILES string of the molecule is COc1cccc(CN2CCN(C(=O)c3ccn(COc4ccc(Br)cc4Cl)n3)CC2)c1. The third kappa shape index (κ3) is 5.62. The van der Waals surface area contributed by atoms with Gasteiger partial charge in [-0.2, -0.15) is 5.10 Å². The van der Waals surface area contributed by atoms with Crippen molar-refractivity contribution in [3.63, 3.8) is 0 Å². The highest BCUT2D eigenvalue weighted by Crippen LogP contribution is 2.28. The zero-order chi connectivity index (χ0) is 22.5. The van der Waals surface area contributed by atoms with Crippen molar-refractivity contribution in [3.8, 4) is 11.5 Å². The average molecular weight is 520 g/mol. The first-order chi connectivity index (χ1) is 15.5. The van der Waals surface area contributed by atoms with Crippen LogP contribution in [0.2, 0.25) is 5.02 Å². The van der Waals surface area contributed by atoms with Crippen LogP contribution in [0.4, 0.5) is 0 Å². The van der Waals surface area contributed by atoms with E-state index in [9.17, 15) is 4.79 Å². The number of rotatable bonds is 7. The first-order valence-electron chi connectivity index (χ1n) is 10.3. The van der Waals surface area contributed by atoms with Crippen LogP contribution in [-0.2, 0) is 13.3 Å². The van der Waals surface area contributed by atoms with Crippen LogP contribution in [0.3, 0.4) is 0 Å². The quantitative estimate of drug-likeness (QED) is 0.466. The lowest BCUT2D eigenvalue weighted by Crippen LogP contribution is -2.48. The summed E-state index contributed by atoms with van der Waals surface area (Å²) < 4.78 is 13.5. The Labute approximate surface area is 200 Å². The van der Waals surface area contributed by atoms with E-state index in [2.05, 4.69) is 32.0 Å². The molecule has 32 heavy (non-hydrogen) atoms. The van der Waals surface area contributed by atoms with Gasteiger partial charge in [-0.05, 0) is 42.0 Å². The first-order valence-corrected chi connectivity index (χ1v) is 11.4. The Morgan fingerprint density at radius 3 is 2.69 bits per heavy atom. The predicted octanol–water partition coefficient (Wildman–Crippen LogP) is 4.30. The van der Waals surface area contributed by atoms with Crippen molar-refractivity contribution in [2.75, 3.05) is 33.3 Å². The fourth-order valence-corrected chi connectivity index (χ4v) is 4.30. The number of hydrogen-bond donors (Lipinski definition) is 0. The van der Waals surface area contributed by atoms with E-state index >= 15 is 0 Å². The van der Waals surface area contributed by atoms with Crippen molar-refractivity contribution in [2.24, 2.45) is 0 Å². The summed E-state index contributed by atoms with van der Waals surface area (Å²) in [6.45, 7) is 3.97. The van der Waals surface area contributed by atoms with Gasteiger partial charge in [0, 0.05) is 43.4 Å². The van der Waals surface area contributed by atoms with E-state index in [1.54, 1.807) is 36.2 Å². The third-order valence-electron chi connectivity index (χ3n) is 5.31. The molecule has 0 unspecified atom stereocenters. The summed E-state index contributed by atoms with van der Waals surface area (Å²) in [7, 11) is 1.67. The Bertz CT molecular complexity index is 1080. The molecule has 2 aromatic carbocycles. The number of aromatic nitrogens is 2. The van der Waals surface area contributed by atoms with E-state index in [-0.39, 0.29) is 12.6 Å². The van der Waals surface area contributed by atoms with Gasteiger partial charge in [0.1, 0.15) is 11.5 Å². The average Bonchev–Trinajstić information content (AvgIpc) is 3.28. The molecule has 1 aliphatic rings. The Morgan fingerprint density at radius 2 is 1.94 bits per heavy atom. The molecule has 1 fully saturated rings. The molecule has 0 radical (unpaired) electrons. The van der Waals surface area contributed by atoms with Gasteiger partial charge in [-0.3, -0.25) is 9.69 Å². The topological polar surface area (TPSA) is 59.8 Å². The number of halogens is 2. The number of methoxy groups -OCH3 is 1. The number of benzene rings is 2. The molecule has 9 heteroatoms. The van der Waals surface area contributed by atoms with Crippen molar-refractivity contribution in [1.82, 2.24) is 19.6 Å². The monoisotopic (exact) mass is 518 g/mol. The van der Waals surface area contributed by atoms with Gasteiger partial charge in [0.2, 0.25) is 0 Å². The van der Waals surface area contributed by atoms with E-state index in [1.165, 1.54) is 5.56 Å². The Morgan fingerprint density at radius 1 is 1.12 bits per heavy atom. The third-order valence-corrected chi connectivity index (χ3v) is 6.09. The van der Waals surface area contributed by atoms with Crippen LogP contribution in [0, 0.1) is 0 Å². The molecule has 7 nitrogen and oxygen atoms in total. The summed E-state index contributed by atoms with van der Waals surface area (Å²) >= 11 is 9.54. The fraction of sp³-hybridized carbons (Fsp3) is 0.304. The highest BCUT2D eigenvalue weighted by atomic mass is 79.9. The van der Waals surface area contributed by atoms with Gasteiger partial charge in [-0.1, -0.05) is 39.7 Å². The van der Waals surface area contributed by atoms with E-state index in [0.717, 1.165) is 29.9 Å². The standard InChI is InChI=1S/C23H24BrClN4O3/c1-31-19-4-2-3-17(13-19)15-27-9-11-28(12-10-27)23(30)21-7-8-29(26-21)16-32-22-6-5-18(24)14-20(22)25/h2-8,13-14H,9-12,15-16H2,1H3. The van der Waals surface area contributed by atoms with Crippen LogP contribution in [0.15, 0.2) is 59.2 Å². The first kappa shape index (κ1) is 22.6. The summed E-state index contributed by atoms with van der Waals surface area (Å²) in [6, 6.07) is 15.2. The van der Waals surface area contributed by atoms with Gasteiger partial charge in [-0.25, -0.2) is 4.68 Å². The lowest BCUT2D eigenvalue weighted by Gasteiger charge is -2.34. The number of carbonyl (C=O) groups excluding carboxylic acids is 1. The molecule has 1 aromatic heterocycles. The van der Waals surface area contributed by atoms with Crippen molar-refractivity contribution in [2.45, 2.75) is 13.3 Å². The molecule has 1 amide bonds. The van der Waals surface area contributed by atoms with Gasteiger partial charge in [0.25, 0.3) is 5.91 Å². The maximum Gasteiger partial charge on any atom is 0.274 e. The van der Waals surface area contributed by atoms with E-state index < -0.39 is 0 Å². The minimum atomic E-state index is -0.0635. The number of hydrogen-bond acceptors (Lipinski definition) is 5. The molecule has 0 atom stereocenters. The largest absolute Gasteiger partial charge is 0.497 e. The molecule has 0 spiro atoms. The Balaban J connectivity index is 1.28. The molecule has 168 valence electrons. The summed E-state index contributed by atoms with van der Waals surface area (Å²) in [6.07, 6.45) is 1.74. The second-order valence-corrected chi connectivity index (χ2v) is 8.83. The normalized spacial score (nSPS) is 14.4. The van der Waals surface area contributed by atoms with Crippen LogP contribution in [0.1, 0.15) is 16.1 Å². The number of ether oxygens (including phenoxy) is 2.